The van der Waals surface area contributed by atoms with Gasteiger partial charge in [-0.05, 0) is 34.7 Å². The Bertz CT molecular complexity index is 402. The van der Waals surface area contributed by atoms with E-state index in [9.17, 15) is 4.79 Å². The summed E-state index contributed by atoms with van der Waals surface area (Å²) >= 11 is 2.17. The predicted molar refractivity (Wildman–Crippen MR) is 70.4 cm³/mol. The van der Waals surface area contributed by atoms with Crippen LogP contribution in [-0.2, 0) is 4.74 Å². The zero-order valence-corrected chi connectivity index (χ0v) is 11.3. The summed E-state index contributed by atoms with van der Waals surface area (Å²) in [5.74, 6) is -0.00174. The SMILES string of the molecule is CC1(CNC(=O)c2ccccc2I)COC1. The van der Waals surface area contributed by atoms with E-state index in [1.807, 2.05) is 24.3 Å². The molecule has 1 amide bonds. The quantitative estimate of drug-likeness (QED) is 0.861. The van der Waals surface area contributed by atoms with Crippen molar-refractivity contribution in [3.63, 3.8) is 0 Å². The molecule has 4 heteroatoms. The molecule has 16 heavy (non-hydrogen) atoms. The Morgan fingerprint density at radius 1 is 1.50 bits per heavy atom. The first-order valence-electron chi connectivity index (χ1n) is 5.21. The van der Waals surface area contributed by atoms with Crippen molar-refractivity contribution in [1.29, 1.82) is 0 Å². The maximum atomic E-state index is 11.9. The van der Waals surface area contributed by atoms with E-state index in [4.69, 9.17) is 4.74 Å². The number of rotatable bonds is 3. The fraction of sp³-hybridized carbons (Fsp3) is 0.417. The summed E-state index contributed by atoms with van der Waals surface area (Å²) in [6, 6.07) is 7.59. The molecular weight excluding hydrogens is 317 g/mol. The molecule has 1 aromatic carbocycles. The van der Waals surface area contributed by atoms with Crippen LogP contribution in [0.4, 0.5) is 0 Å². The van der Waals surface area contributed by atoms with Crippen LogP contribution in [0.1, 0.15) is 17.3 Å². The van der Waals surface area contributed by atoms with Crippen molar-refractivity contribution >= 4 is 28.5 Å². The van der Waals surface area contributed by atoms with Crippen molar-refractivity contribution in [2.75, 3.05) is 19.8 Å². The first-order chi connectivity index (χ1) is 7.61. The highest BCUT2D eigenvalue weighted by Gasteiger charge is 2.33. The van der Waals surface area contributed by atoms with E-state index in [-0.39, 0.29) is 11.3 Å². The highest BCUT2D eigenvalue weighted by Crippen LogP contribution is 2.25. The van der Waals surface area contributed by atoms with Crippen LogP contribution in [0, 0.1) is 8.99 Å². The van der Waals surface area contributed by atoms with E-state index in [0.717, 1.165) is 22.3 Å². The van der Waals surface area contributed by atoms with Gasteiger partial charge in [-0.1, -0.05) is 19.1 Å². The lowest BCUT2D eigenvalue weighted by molar-refractivity contribution is -0.0978. The minimum absolute atomic E-state index is 0.00174. The third kappa shape index (κ3) is 2.55. The molecule has 1 heterocycles. The van der Waals surface area contributed by atoms with Gasteiger partial charge in [0.25, 0.3) is 5.91 Å². The molecule has 1 aliphatic heterocycles. The molecule has 1 saturated heterocycles. The first kappa shape index (κ1) is 11.9. The number of ether oxygens (including phenoxy) is 1. The molecule has 0 saturated carbocycles. The van der Waals surface area contributed by atoms with Gasteiger partial charge in [0, 0.05) is 15.5 Å². The summed E-state index contributed by atoms with van der Waals surface area (Å²) in [6.45, 7) is 4.27. The second-order valence-corrected chi connectivity index (χ2v) is 5.63. The molecule has 1 fully saturated rings. The van der Waals surface area contributed by atoms with Gasteiger partial charge < -0.3 is 10.1 Å². The third-order valence-corrected chi connectivity index (χ3v) is 3.64. The Kier molecular flexibility index (Phi) is 3.49. The van der Waals surface area contributed by atoms with Crippen LogP contribution in [-0.4, -0.2) is 25.7 Å². The summed E-state index contributed by atoms with van der Waals surface area (Å²) in [5, 5.41) is 2.96. The number of hydrogen-bond donors (Lipinski definition) is 1. The molecule has 0 spiro atoms. The summed E-state index contributed by atoms with van der Waals surface area (Å²) < 4.78 is 6.13. The van der Waals surface area contributed by atoms with Crippen molar-refractivity contribution in [3.05, 3.63) is 33.4 Å². The van der Waals surface area contributed by atoms with Gasteiger partial charge in [0.05, 0.1) is 18.8 Å². The number of benzene rings is 1. The van der Waals surface area contributed by atoms with Crippen LogP contribution < -0.4 is 5.32 Å². The lowest BCUT2D eigenvalue weighted by Crippen LogP contribution is -2.48. The number of hydrogen-bond acceptors (Lipinski definition) is 2. The third-order valence-electron chi connectivity index (χ3n) is 2.70. The van der Waals surface area contributed by atoms with E-state index in [1.54, 1.807) is 0 Å². The molecular formula is C12H14INO2. The predicted octanol–water partition coefficient (Wildman–Crippen LogP) is 2.06. The smallest absolute Gasteiger partial charge is 0.252 e. The molecule has 0 atom stereocenters. The van der Waals surface area contributed by atoms with Gasteiger partial charge in [-0.25, -0.2) is 0 Å². The summed E-state index contributed by atoms with van der Waals surface area (Å²) in [7, 11) is 0. The van der Waals surface area contributed by atoms with Crippen molar-refractivity contribution < 1.29 is 9.53 Å². The van der Waals surface area contributed by atoms with Crippen LogP contribution >= 0.6 is 22.6 Å². The van der Waals surface area contributed by atoms with Crippen molar-refractivity contribution in [2.24, 2.45) is 5.41 Å². The number of halogens is 1. The Labute approximate surface area is 109 Å². The van der Waals surface area contributed by atoms with Crippen LogP contribution in [0.25, 0.3) is 0 Å². The minimum Gasteiger partial charge on any atom is -0.380 e. The highest BCUT2D eigenvalue weighted by molar-refractivity contribution is 14.1. The first-order valence-corrected chi connectivity index (χ1v) is 6.29. The van der Waals surface area contributed by atoms with Gasteiger partial charge >= 0.3 is 0 Å². The topological polar surface area (TPSA) is 38.3 Å². The Balaban J connectivity index is 1.96. The zero-order valence-electron chi connectivity index (χ0n) is 9.13. The molecule has 0 aliphatic carbocycles. The van der Waals surface area contributed by atoms with Gasteiger partial charge in [-0.2, -0.15) is 0 Å². The highest BCUT2D eigenvalue weighted by atomic mass is 127. The van der Waals surface area contributed by atoms with Crippen molar-refractivity contribution in [1.82, 2.24) is 5.32 Å². The normalized spacial score (nSPS) is 17.6. The fourth-order valence-corrected chi connectivity index (χ4v) is 2.22. The molecule has 0 bridgehead atoms. The number of nitrogens with one attached hydrogen (secondary N) is 1. The second-order valence-electron chi connectivity index (χ2n) is 4.47. The maximum absolute atomic E-state index is 11.9. The average Bonchev–Trinajstić information content (AvgIpc) is 2.24. The standard InChI is InChI=1S/C12H14INO2/c1-12(7-16-8-12)6-14-11(15)9-4-2-3-5-10(9)13/h2-5H,6-8H2,1H3,(H,14,15). The fourth-order valence-electron chi connectivity index (χ4n) is 1.59. The van der Waals surface area contributed by atoms with Gasteiger partial charge in [0.2, 0.25) is 0 Å². The largest absolute Gasteiger partial charge is 0.380 e. The van der Waals surface area contributed by atoms with Crippen LogP contribution in [0.15, 0.2) is 24.3 Å². The molecule has 0 radical (unpaired) electrons. The molecule has 0 unspecified atom stereocenters. The molecule has 1 aromatic rings. The molecule has 0 aromatic heterocycles. The molecule has 1 N–H and O–H groups in total. The van der Waals surface area contributed by atoms with Crippen molar-refractivity contribution in [2.45, 2.75) is 6.92 Å². The van der Waals surface area contributed by atoms with Crippen molar-refractivity contribution in [3.8, 4) is 0 Å². The van der Waals surface area contributed by atoms with E-state index in [2.05, 4.69) is 34.8 Å². The molecule has 1 aliphatic rings. The van der Waals surface area contributed by atoms with Gasteiger partial charge in [-0.3, -0.25) is 4.79 Å². The van der Waals surface area contributed by atoms with E-state index >= 15 is 0 Å². The molecule has 2 rings (SSSR count). The zero-order chi connectivity index (χ0) is 11.6. The van der Waals surface area contributed by atoms with Crippen LogP contribution in [0.5, 0.6) is 0 Å². The Morgan fingerprint density at radius 3 is 2.75 bits per heavy atom. The Morgan fingerprint density at radius 2 is 2.19 bits per heavy atom. The van der Waals surface area contributed by atoms with Crippen LogP contribution in [0.3, 0.4) is 0 Å². The number of carbonyl (C=O) groups is 1. The molecule has 86 valence electrons. The van der Waals surface area contributed by atoms with Gasteiger partial charge in [0.1, 0.15) is 0 Å². The second kappa shape index (κ2) is 4.71. The summed E-state index contributed by atoms with van der Waals surface area (Å²) in [6.07, 6.45) is 0. The summed E-state index contributed by atoms with van der Waals surface area (Å²) in [4.78, 5) is 11.9. The maximum Gasteiger partial charge on any atom is 0.252 e. The molecule has 3 nitrogen and oxygen atoms in total. The lowest BCUT2D eigenvalue weighted by Gasteiger charge is -2.38. The van der Waals surface area contributed by atoms with E-state index < -0.39 is 0 Å². The van der Waals surface area contributed by atoms with Gasteiger partial charge in [0.15, 0.2) is 0 Å². The number of carbonyl (C=O) groups excluding carboxylic acids is 1. The van der Waals surface area contributed by atoms with Crippen LogP contribution in [0.2, 0.25) is 0 Å². The lowest BCUT2D eigenvalue weighted by atomic mass is 9.89. The number of amides is 1. The van der Waals surface area contributed by atoms with E-state index in [1.165, 1.54) is 0 Å². The van der Waals surface area contributed by atoms with E-state index in [0.29, 0.717) is 6.54 Å². The summed E-state index contributed by atoms with van der Waals surface area (Å²) in [5.41, 5.74) is 0.863. The van der Waals surface area contributed by atoms with Gasteiger partial charge in [-0.15, -0.1) is 0 Å². The average molecular weight is 331 g/mol. The monoisotopic (exact) mass is 331 g/mol. The minimum atomic E-state index is -0.00174. The Hall–Kier alpha value is -0.620.